The molecule has 0 aliphatic rings. The minimum absolute atomic E-state index is 0.0349. The number of nitrogens with one attached hydrogen (secondary N) is 1. The average Bonchev–Trinajstić information content (AvgIpc) is 3.29. The van der Waals surface area contributed by atoms with Crippen LogP contribution < -0.4 is 10.5 Å². The number of rotatable bonds is 9. The molecule has 0 aliphatic heterocycles. The Hall–Kier alpha value is -3.32. The van der Waals surface area contributed by atoms with Crippen molar-refractivity contribution in [2.24, 2.45) is 5.14 Å². The van der Waals surface area contributed by atoms with E-state index in [0.717, 1.165) is 11.1 Å². The number of sulfonamides is 1. The van der Waals surface area contributed by atoms with Crippen LogP contribution in [0, 0.1) is 6.92 Å². The van der Waals surface area contributed by atoms with E-state index in [-0.39, 0.29) is 16.5 Å². The highest BCUT2D eigenvalue weighted by Gasteiger charge is 2.21. The van der Waals surface area contributed by atoms with Gasteiger partial charge in [0.05, 0.1) is 16.3 Å². The topological polar surface area (TPSA) is 146 Å². The average molecular weight is 544 g/mol. The zero-order valence-corrected chi connectivity index (χ0v) is 21.5. The quantitative estimate of drug-likeness (QED) is 0.242. The van der Waals surface area contributed by atoms with Gasteiger partial charge in [-0.15, -0.1) is 5.10 Å². The first-order valence-electron chi connectivity index (χ1n) is 10.7. The van der Waals surface area contributed by atoms with Gasteiger partial charge in [0.1, 0.15) is 0 Å². The molecular weight excluding hydrogens is 522 g/mol. The molecule has 13 heteroatoms. The maximum Gasteiger partial charge on any atom is 0.273 e. The molecule has 0 unspecified atom stereocenters. The third-order valence-corrected chi connectivity index (χ3v) is 7.43. The lowest BCUT2D eigenvalue weighted by molar-refractivity contribution is 0.0948. The first-order valence-corrected chi connectivity index (χ1v) is 13.6. The Morgan fingerprint density at radius 2 is 1.86 bits per heavy atom. The molecule has 2 aromatic heterocycles. The van der Waals surface area contributed by atoms with Crippen LogP contribution in [-0.4, -0.2) is 45.8 Å². The van der Waals surface area contributed by atoms with Crippen molar-refractivity contribution in [2.75, 3.05) is 6.54 Å². The number of hydrogen-bond acceptors (Lipinski definition) is 8. The molecule has 36 heavy (non-hydrogen) atoms. The van der Waals surface area contributed by atoms with E-state index >= 15 is 0 Å². The summed E-state index contributed by atoms with van der Waals surface area (Å²) in [5, 5.41) is 17.5. The van der Waals surface area contributed by atoms with Crippen LogP contribution in [0.3, 0.4) is 0 Å². The van der Waals surface area contributed by atoms with Crippen molar-refractivity contribution >= 4 is 39.3 Å². The number of carbonyl (C=O) groups is 1. The van der Waals surface area contributed by atoms with Gasteiger partial charge in [-0.05, 0) is 54.8 Å². The highest BCUT2D eigenvalue weighted by Crippen LogP contribution is 2.25. The summed E-state index contributed by atoms with van der Waals surface area (Å²) in [7, 11) is -3.75. The largest absolute Gasteiger partial charge is 0.350 e. The first-order chi connectivity index (χ1) is 17.2. The zero-order chi connectivity index (χ0) is 25.7. The third kappa shape index (κ3) is 6.26. The van der Waals surface area contributed by atoms with E-state index in [4.69, 9.17) is 16.7 Å². The van der Waals surface area contributed by atoms with E-state index in [2.05, 4.69) is 25.6 Å². The van der Waals surface area contributed by atoms with Crippen LogP contribution in [0.1, 0.15) is 27.3 Å². The van der Waals surface area contributed by atoms with Gasteiger partial charge >= 0.3 is 0 Å². The van der Waals surface area contributed by atoms with Crippen LogP contribution in [0.5, 0.6) is 0 Å². The van der Waals surface area contributed by atoms with Crippen molar-refractivity contribution < 1.29 is 13.2 Å². The SMILES string of the molecule is Cc1ccc(-n2nnc(C(=O)NCCc3ccc(S(N)(=O)=O)cc3)c2CSc2ncccn2)cc1Cl. The molecule has 0 saturated carbocycles. The number of carbonyl (C=O) groups excluding carboxylic acids is 1. The molecule has 0 spiro atoms. The van der Waals surface area contributed by atoms with Gasteiger partial charge in [0.25, 0.3) is 5.91 Å². The van der Waals surface area contributed by atoms with Crippen LogP contribution in [-0.2, 0) is 22.2 Å². The maximum atomic E-state index is 13.0. The summed E-state index contributed by atoms with van der Waals surface area (Å²) < 4.78 is 24.4. The number of thioether (sulfide) groups is 1. The monoisotopic (exact) mass is 543 g/mol. The van der Waals surface area contributed by atoms with Crippen molar-refractivity contribution in [3.63, 3.8) is 0 Å². The lowest BCUT2D eigenvalue weighted by Crippen LogP contribution is -2.27. The number of aromatic nitrogens is 5. The number of primary sulfonamides is 1. The maximum absolute atomic E-state index is 13.0. The molecule has 0 radical (unpaired) electrons. The van der Waals surface area contributed by atoms with Gasteiger partial charge < -0.3 is 5.32 Å². The molecule has 2 aromatic carbocycles. The van der Waals surface area contributed by atoms with Crippen molar-refractivity contribution in [1.29, 1.82) is 0 Å². The molecule has 2 heterocycles. The van der Waals surface area contributed by atoms with Gasteiger partial charge in [-0.3, -0.25) is 4.79 Å². The predicted molar refractivity (Wildman–Crippen MR) is 137 cm³/mol. The van der Waals surface area contributed by atoms with Gasteiger partial charge in [0, 0.05) is 29.7 Å². The lowest BCUT2D eigenvalue weighted by Gasteiger charge is -2.09. The number of hydrogen-bond donors (Lipinski definition) is 2. The summed E-state index contributed by atoms with van der Waals surface area (Å²) >= 11 is 7.67. The molecule has 4 aromatic rings. The van der Waals surface area contributed by atoms with Crippen LogP contribution in [0.2, 0.25) is 5.02 Å². The van der Waals surface area contributed by atoms with E-state index in [1.165, 1.54) is 23.9 Å². The molecule has 0 bridgehead atoms. The minimum atomic E-state index is -3.75. The molecule has 0 saturated heterocycles. The van der Waals surface area contributed by atoms with Gasteiger partial charge in [-0.25, -0.2) is 28.2 Å². The lowest BCUT2D eigenvalue weighted by atomic mass is 10.1. The molecule has 186 valence electrons. The van der Waals surface area contributed by atoms with Crippen molar-refractivity contribution in [1.82, 2.24) is 30.3 Å². The molecule has 0 aliphatic carbocycles. The minimum Gasteiger partial charge on any atom is -0.350 e. The number of nitrogens with zero attached hydrogens (tertiary/aromatic N) is 5. The first kappa shape index (κ1) is 25.8. The van der Waals surface area contributed by atoms with Gasteiger partial charge in [-0.2, -0.15) is 0 Å². The zero-order valence-electron chi connectivity index (χ0n) is 19.1. The fourth-order valence-corrected chi connectivity index (χ4v) is 4.76. The number of benzene rings is 2. The van der Waals surface area contributed by atoms with Gasteiger partial charge in [0.15, 0.2) is 10.9 Å². The van der Waals surface area contributed by atoms with E-state index < -0.39 is 10.0 Å². The van der Waals surface area contributed by atoms with Crippen molar-refractivity contribution in [3.05, 3.63) is 88.5 Å². The molecule has 10 nitrogen and oxygen atoms in total. The summed E-state index contributed by atoms with van der Waals surface area (Å²) in [5.74, 6) is -0.0366. The Morgan fingerprint density at radius 1 is 1.14 bits per heavy atom. The Balaban J connectivity index is 1.51. The number of nitrogens with two attached hydrogens (primary N) is 1. The van der Waals surface area contributed by atoms with Crippen LogP contribution >= 0.6 is 23.4 Å². The fourth-order valence-electron chi connectivity index (χ4n) is 3.27. The highest BCUT2D eigenvalue weighted by molar-refractivity contribution is 7.98. The summed E-state index contributed by atoms with van der Waals surface area (Å²) in [4.78, 5) is 21.5. The Bertz CT molecular complexity index is 1480. The molecule has 4 rings (SSSR count). The van der Waals surface area contributed by atoms with E-state index in [1.54, 1.807) is 41.3 Å². The van der Waals surface area contributed by atoms with Crippen LogP contribution in [0.15, 0.2) is 71.0 Å². The predicted octanol–water partition coefficient (Wildman–Crippen LogP) is 2.93. The van der Waals surface area contributed by atoms with Gasteiger partial charge in [-0.1, -0.05) is 46.8 Å². The molecule has 3 N–H and O–H groups in total. The fraction of sp³-hybridized carbons (Fsp3) is 0.174. The van der Waals surface area contributed by atoms with E-state index in [0.29, 0.717) is 40.3 Å². The Kier molecular flexibility index (Phi) is 7.99. The molecule has 0 atom stereocenters. The highest BCUT2D eigenvalue weighted by atomic mass is 35.5. The summed E-state index contributed by atoms with van der Waals surface area (Å²) in [5.41, 5.74) is 3.20. The van der Waals surface area contributed by atoms with E-state index in [9.17, 15) is 13.2 Å². The summed E-state index contributed by atoms with van der Waals surface area (Å²) in [6, 6.07) is 13.4. The molecule has 0 fully saturated rings. The second-order valence-electron chi connectivity index (χ2n) is 7.74. The Morgan fingerprint density at radius 3 is 2.53 bits per heavy atom. The second-order valence-corrected chi connectivity index (χ2v) is 10.7. The summed E-state index contributed by atoms with van der Waals surface area (Å²) in [6.07, 6.45) is 3.78. The molecule has 1 amide bonds. The smallest absolute Gasteiger partial charge is 0.273 e. The van der Waals surface area contributed by atoms with Crippen LogP contribution in [0.4, 0.5) is 0 Å². The Labute approximate surface area is 217 Å². The normalized spacial score (nSPS) is 11.4. The number of halogens is 1. The van der Waals surface area contributed by atoms with E-state index in [1.807, 2.05) is 19.1 Å². The standard InChI is InChI=1S/C23H22ClN7O3S2/c1-15-3-6-17(13-19(15)24)31-20(14-35-23-27-10-2-11-28-23)21(29-30-31)22(32)26-12-9-16-4-7-18(8-5-16)36(25,33)34/h2-8,10-11,13H,9,12,14H2,1H3,(H,26,32)(H2,25,33,34). The number of aryl methyl sites for hydroxylation is 1. The summed E-state index contributed by atoms with van der Waals surface area (Å²) in [6.45, 7) is 2.21. The second kappa shape index (κ2) is 11.2. The third-order valence-electron chi connectivity index (χ3n) is 5.21. The molecular formula is C23H22ClN7O3S2. The van der Waals surface area contributed by atoms with Crippen LogP contribution in [0.25, 0.3) is 5.69 Å². The van der Waals surface area contributed by atoms with Crippen molar-refractivity contribution in [3.8, 4) is 5.69 Å². The van der Waals surface area contributed by atoms with Gasteiger partial charge in [0.2, 0.25) is 10.0 Å². The van der Waals surface area contributed by atoms with Crippen molar-refractivity contribution in [2.45, 2.75) is 29.1 Å². The number of amides is 1.